The van der Waals surface area contributed by atoms with E-state index in [-0.39, 0.29) is 0 Å². The summed E-state index contributed by atoms with van der Waals surface area (Å²) in [6.07, 6.45) is 0. The molecule has 14 rings (SSSR count). The second-order valence-corrected chi connectivity index (χ2v) is 17.6. The molecule has 3 heterocycles. The molecule has 0 aliphatic rings. The average Bonchev–Trinajstić information content (AvgIpc) is 4.12. The molecular formula is C64H40N2O3. The van der Waals surface area contributed by atoms with Gasteiger partial charge >= 0.3 is 0 Å². The van der Waals surface area contributed by atoms with Crippen LogP contribution in [0.1, 0.15) is 0 Å². The Bertz CT molecular complexity index is 4280. The van der Waals surface area contributed by atoms with Crippen molar-refractivity contribution < 1.29 is 13.3 Å². The Kier molecular flexibility index (Phi) is 8.83. The number of fused-ring (bicyclic) bond motifs is 10. The normalized spacial score (nSPS) is 11.8. The van der Waals surface area contributed by atoms with Crippen LogP contribution in [0.2, 0.25) is 0 Å². The molecule has 0 spiro atoms. The molecule has 324 valence electrons. The Morgan fingerprint density at radius 1 is 0.246 bits per heavy atom. The first-order valence-corrected chi connectivity index (χ1v) is 23.3. The molecule has 0 N–H and O–H groups in total. The lowest BCUT2D eigenvalue weighted by Gasteiger charge is -2.31. The number of hydrogen-bond donors (Lipinski definition) is 0. The first-order valence-electron chi connectivity index (χ1n) is 23.3. The minimum Gasteiger partial charge on any atom is -0.454 e. The molecule has 69 heavy (non-hydrogen) atoms. The van der Waals surface area contributed by atoms with Crippen LogP contribution in [-0.4, -0.2) is 0 Å². The van der Waals surface area contributed by atoms with Crippen LogP contribution in [0.3, 0.4) is 0 Å². The van der Waals surface area contributed by atoms with Gasteiger partial charge in [-0.05, 0) is 76.9 Å². The Labute approximate surface area is 396 Å². The average molecular weight is 885 g/mol. The van der Waals surface area contributed by atoms with Gasteiger partial charge in [0.15, 0.2) is 16.7 Å². The molecule has 0 saturated carbocycles. The zero-order valence-electron chi connectivity index (χ0n) is 37.2. The highest BCUT2D eigenvalue weighted by molar-refractivity contribution is 6.29. The van der Waals surface area contributed by atoms with Gasteiger partial charge in [0.1, 0.15) is 16.7 Å². The monoisotopic (exact) mass is 884 g/mol. The summed E-state index contributed by atoms with van der Waals surface area (Å²) >= 11 is 0. The highest BCUT2D eigenvalue weighted by Crippen LogP contribution is 2.56. The van der Waals surface area contributed by atoms with Crippen molar-refractivity contribution in [2.45, 2.75) is 0 Å². The SMILES string of the molecule is c1ccc(-c2cccc(N(c3cccc4c3oc3ccccc34)c3c4ccccc4c(N(c4cccc(-c5ccccc5)c4)c4cccc5c4oc4ccccc45)c4c3oc3ccccc34)c2)cc1. The molecule has 0 bridgehead atoms. The molecule has 0 saturated heterocycles. The number of benzene rings is 11. The van der Waals surface area contributed by atoms with Crippen molar-refractivity contribution in [1.82, 2.24) is 0 Å². The largest absolute Gasteiger partial charge is 0.454 e. The van der Waals surface area contributed by atoms with Crippen molar-refractivity contribution in [1.29, 1.82) is 0 Å². The van der Waals surface area contributed by atoms with Crippen LogP contribution < -0.4 is 9.80 Å². The Morgan fingerprint density at radius 2 is 0.609 bits per heavy atom. The highest BCUT2D eigenvalue weighted by atomic mass is 16.3. The summed E-state index contributed by atoms with van der Waals surface area (Å²) in [4.78, 5) is 4.75. The maximum absolute atomic E-state index is 7.37. The molecular weight excluding hydrogens is 845 g/mol. The van der Waals surface area contributed by atoms with E-state index >= 15 is 0 Å². The molecule has 14 aromatic rings. The second kappa shape index (κ2) is 15.7. The van der Waals surface area contributed by atoms with Gasteiger partial charge in [-0.25, -0.2) is 0 Å². The van der Waals surface area contributed by atoms with E-state index in [9.17, 15) is 0 Å². The summed E-state index contributed by atoms with van der Waals surface area (Å²) in [6, 6.07) is 85.5. The van der Waals surface area contributed by atoms with Crippen molar-refractivity contribution in [2.75, 3.05) is 9.80 Å². The molecule has 0 atom stereocenters. The lowest BCUT2D eigenvalue weighted by molar-refractivity contribution is 0.666. The molecule has 0 unspecified atom stereocenters. The van der Waals surface area contributed by atoms with Gasteiger partial charge in [0.25, 0.3) is 0 Å². The van der Waals surface area contributed by atoms with Gasteiger partial charge in [-0.1, -0.05) is 188 Å². The number of anilines is 6. The number of hydrogen-bond acceptors (Lipinski definition) is 5. The van der Waals surface area contributed by atoms with Gasteiger partial charge in [0.2, 0.25) is 0 Å². The van der Waals surface area contributed by atoms with E-state index in [1.165, 1.54) is 0 Å². The summed E-state index contributed by atoms with van der Waals surface area (Å²) in [5, 5.41) is 8.22. The van der Waals surface area contributed by atoms with Gasteiger partial charge in [0, 0.05) is 49.1 Å². The van der Waals surface area contributed by atoms with E-state index in [0.717, 1.165) is 133 Å². The third-order valence-corrected chi connectivity index (χ3v) is 13.6. The van der Waals surface area contributed by atoms with Crippen molar-refractivity contribution in [3.05, 3.63) is 243 Å². The number of para-hydroxylation sites is 5. The Balaban J connectivity index is 1.14. The summed E-state index contributed by atoms with van der Waals surface area (Å²) in [5.74, 6) is 0. The lowest BCUT2D eigenvalue weighted by Crippen LogP contribution is -2.14. The molecule has 0 radical (unpaired) electrons. The predicted molar refractivity (Wildman–Crippen MR) is 286 cm³/mol. The zero-order valence-corrected chi connectivity index (χ0v) is 37.2. The maximum Gasteiger partial charge on any atom is 0.162 e. The number of rotatable bonds is 8. The fourth-order valence-electron chi connectivity index (χ4n) is 10.6. The molecule has 11 aromatic carbocycles. The lowest BCUT2D eigenvalue weighted by atomic mass is 9.96. The topological polar surface area (TPSA) is 45.9 Å². The molecule has 0 fully saturated rings. The van der Waals surface area contributed by atoms with Crippen molar-refractivity contribution >= 4 is 111 Å². The van der Waals surface area contributed by atoms with Gasteiger partial charge in [0.05, 0.1) is 28.1 Å². The fraction of sp³-hybridized carbons (Fsp3) is 0. The van der Waals surface area contributed by atoms with Crippen LogP contribution in [0.5, 0.6) is 0 Å². The van der Waals surface area contributed by atoms with Crippen molar-refractivity contribution in [2.24, 2.45) is 0 Å². The summed E-state index contributed by atoms with van der Waals surface area (Å²) in [7, 11) is 0. The summed E-state index contributed by atoms with van der Waals surface area (Å²) < 4.78 is 21.2. The van der Waals surface area contributed by atoms with E-state index in [1.54, 1.807) is 0 Å². The van der Waals surface area contributed by atoms with E-state index in [0.29, 0.717) is 0 Å². The first kappa shape index (κ1) is 38.9. The van der Waals surface area contributed by atoms with Crippen LogP contribution in [0.15, 0.2) is 256 Å². The second-order valence-electron chi connectivity index (χ2n) is 17.6. The smallest absolute Gasteiger partial charge is 0.162 e. The standard InChI is InChI=1S/C64H40N2O3/c1-3-19-41(20-4-1)43-23-15-25-45(39-43)65(54-34-17-32-51-47-27-9-12-36-56(47)67-62(51)54)60-49-29-7-8-30-50(49)61(64-59(60)53-31-11-14-38-58(53)69-64)66(46-26-16-24-44(40-46)42-21-5-2-6-22-42)55-35-18-33-52-48-28-10-13-37-57(48)68-63(52)55/h1-40H. The Morgan fingerprint density at radius 3 is 1.13 bits per heavy atom. The third kappa shape index (κ3) is 6.18. The predicted octanol–water partition coefficient (Wildman–Crippen LogP) is 18.8. The van der Waals surface area contributed by atoms with E-state index in [4.69, 9.17) is 13.3 Å². The quantitative estimate of drug-likeness (QED) is 0.142. The third-order valence-electron chi connectivity index (χ3n) is 13.6. The van der Waals surface area contributed by atoms with Gasteiger partial charge in [-0.2, -0.15) is 0 Å². The van der Waals surface area contributed by atoms with Crippen LogP contribution >= 0.6 is 0 Å². The van der Waals surface area contributed by atoms with Crippen molar-refractivity contribution in [3.63, 3.8) is 0 Å². The van der Waals surface area contributed by atoms with Crippen LogP contribution in [0.25, 0.3) is 98.8 Å². The molecule has 3 aromatic heterocycles. The van der Waals surface area contributed by atoms with E-state index in [2.05, 4.69) is 234 Å². The minimum absolute atomic E-state index is 0.740. The van der Waals surface area contributed by atoms with E-state index < -0.39 is 0 Å². The van der Waals surface area contributed by atoms with Crippen LogP contribution in [0, 0.1) is 0 Å². The maximum atomic E-state index is 7.37. The Hall–Kier alpha value is -9.32. The van der Waals surface area contributed by atoms with Crippen LogP contribution in [-0.2, 0) is 0 Å². The molecule has 0 aliphatic heterocycles. The number of furan rings is 3. The van der Waals surface area contributed by atoms with Gasteiger partial charge in [-0.3, -0.25) is 0 Å². The van der Waals surface area contributed by atoms with Crippen molar-refractivity contribution in [3.8, 4) is 22.3 Å². The molecule has 5 nitrogen and oxygen atoms in total. The van der Waals surface area contributed by atoms with Gasteiger partial charge < -0.3 is 23.1 Å². The zero-order chi connectivity index (χ0) is 45.4. The highest BCUT2D eigenvalue weighted by Gasteiger charge is 2.32. The van der Waals surface area contributed by atoms with Gasteiger partial charge in [-0.15, -0.1) is 0 Å². The molecule has 0 amide bonds. The molecule has 5 heteroatoms. The summed E-state index contributed by atoms with van der Waals surface area (Å²) in [5.41, 5.74) is 14.9. The van der Waals surface area contributed by atoms with Crippen LogP contribution in [0.4, 0.5) is 34.1 Å². The fourth-order valence-corrected chi connectivity index (χ4v) is 10.6. The first-order chi connectivity index (χ1) is 34.2. The summed E-state index contributed by atoms with van der Waals surface area (Å²) in [6.45, 7) is 0. The molecule has 0 aliphatic carbocycles. The van der Waals surface area contributed by atoms with E-state index in [1.807, 2.05) is 18.2 Å². The number of nitrogens with zero attached hydrogens (tertiary/aromatic N) is 2. The minimum atomic E-state index is 0.740.